The number of rotatable bonds is 2. The number of benzene rings is 3. The summed E-state index contributed by atoms with van der Waals surface area (Å²) >= 11 is 0. The first kappa shape index (κ1) is 20.7. The van der Waals surface area contributed by atoms with Crippen LogP contribution in [0.5, 0.6) is 0 Å². The van der Waals surface area contributed by atoms with Crippen molar-refractivity contribution in [3.05, 3.63) is 149 Å². The lowest BCUT2D eigenvalue weighted by Crippen LogP contribution is -2.34. The zero-order chi connectivity index (χ0) is 24.8. The van der Waals surface area contributed by atoms with Crippen LogP contribution in [0.25, 0.3) is 22.2 Å². The van der Waals surface area contributed by atoms with Crippen molar-refractivity contribution in [2.24, 2.45) is 11.8 Å². The van der Waals surface area contributed by atoms with Gasteiger partial charge in [0, 0.05) is 46.4 Å². The highest BCUT2D eigenvalue weighted by atomic mass is 15.2. The molecular weight excluding hydrogens is 460 g/mol. The van der Waals surface area contributed by atoms with Crippen LogP contribution in [-0.4, -0.2) is 10.6 Å². The van der Waals surface area contributed by atoms with Crippen LogP contribution < -0.4 is 4.90 Å². The predicted octanol–water partition coefficient (Wildman–Crippen LogP) is 7.91. The highest BCUT2D eigenvalue weighted by Crippen LogP contribution is 2.53. The van der Waals surface area contributed by atoms with E-state index in [1.165, 1.54) is 55.9 Å². The number of para-hydroxylation sites is 2. The van der Waals surface area contributed by atoms with E-state index in [1.807, 2.05) is 0 Å². The summed E-state index contributed by atoms with van der Waals surface area (Å²) < 4.78 is 2.58. The van der Waals surface area contributed by atoms with Crippen LogP contribution in [0.15, 0.2) is 127 Å². The fourth-order valence-electron chi connectivity index (χ4n) is 7.92. The SMILES string of the molecule is C1=CC2Cc3c(c4ccccc4n3C3=CC4C(C=C3)C3=C(Cc5ccccc53)N4c3ccccc3)C2C=C1. The zero-order valence-electron chi connectivity index (χ0n) is 21.2. The average Bonchev–Trinajstić information content (AvgIpc) is 3.69. The van der Waals surface area contributed by atoms with Crippen molar-refractivity contribution in [2.75, 3.05) is 4.90 Å². The number of hydrogen-bond donors (Lipinski definition) is 0. The van der Waals surface area contributed by atoms with Crippen LogP contribution >= 0.6 is 0 Å². The quantitative estimate of drug-likeness (QED) is 0.278. The van der Waals surface area contributed by atoms with Crippen LogP contribution in [0.4, 0.5) is 5.69 Å². The van der Waals surface area contributed by atoms with Gasteiger partial charge in [-0.3, -0.25) is 0 Å². The van der Waals surface area contributed by atoms with Crippen molar-refractivity contribution in [1.82, 2.24) is 4.57 Å². The maximum Gasteiger partial charge on any atom is 0.0646 e. The van der Waals surface area contributed by atoms with Crippen LogP contribution in [0.2, 0.25) is 0 Å². The van der Waals surface area contributed by atoms with Gasteiger partial charge in [-0.1, -0.05) is 91.0 Å². The van der Waals surface area contributed by atoms with Crippen molar-refractivity contribution in [3.8, 4) is 0 Å². The molecule has 2 heteroatoms. The first-order valence-corrected chi connectivity index (χ1v) is 13.9. The van der Waals surface area contributed by atoms with Gasteiger partial charge in [-0.15, -0.1) is 0 Å². The van der Waals surface area contributed by atoms with Gasteiger partial charge in [-0.2, -0.15) is 0 Å². The molecular formula is C36H28N2. The molecule has 0 amide bonds. The molecule has 3 aromatic carbocycles. The molecule has 0 radical (unpaired) electrons. The van der Waals surface area contributed by atoms with E-state index in [-0.39, 0.29) is 6.04 Å². The number of hydrogen-bond acceptors (Lipinski definition) is 1. The molecule has 38 heavy (non-hydrogen) atoms. The lowest BCUT2D eigenvalue weighted by Gasteiger charge is -2.33. The molecule has 0 bridgehead atoms. The molecule has 0 saturated heterocycles. The van der Waals surface area contributed by atoms with E-state index >= 15 is 0 Å². The monoisotopic (exact) mass is 488 g/mol. The molecule has 9 rings (SSSR count). The molecule has 4 aliphatic carbocycles. The van der Waals surface area contributed by atoms with E-state index in [1.54, 1.807) is 0 Å². The van der Waals surface area contributed by atoms with E-state index < -0.39 is 0 Å². The molecule has 5 aliphatic rings. The van der Waals surface area contributed by atoms with Crippen molar-refractivity contribution < 1.29 is 0 Å². The van der Waals surface area contributed by atoms with E-state index in [9.17, 15) is 0 Å². The summed E-state index contributed by atoms with van der Waals surface area (Å²) in [5, 5.41) is 1.41. The summed E-state index contributed by atoms with van der Waals surface area (Å²) in [6.45, 7) is 0. The Bertz CT molecular complexity index is 1790. The molecule has 2 heterocycles. The Morgan fingerprint density at radius 1 is 0.737 bits per heavy atom. The van der Waals surface area contributed by atoms with Gasteiger partial charge in [-0.25, -0.2) is 0 Å². The lowest BCUT2D eigenvalue weighted by atomic mass is 9.86. The Morgan fingerprint density at radius 2 is 1.55 bits per heavy atom. The third kappa shape index (κ3) is 2.67. The fraction of sp³-hybridized carbons (Fsp3) is 0.167. The topological polar surface area (TPSA) is 8.17 Å². The molecule has 182 valence electrons. The Labute approximate surface area is 223 Å². The second kappa shape index (κ2) is 7.61. The standard InChI is InChI=1S/C36H28N2/c1-2-12-25(13-3-1)37-32-22-26(18-19-30(32)36-28-15-7-5-10-23(28)20-33(36)37)38-31-17-9-8-16-29(31)35-27-14-6-4-11-24(27)21-34(35)38/h1-19,22,24,27,30,32H,20-21H2. The number of fused-ring (bicyclic) bond motifs is 9. The highest BCUT2D eigenvalue weighted by molar-refractivity contribution is 5.93. The lowest BCUT2D eigenvalue weighted by molar-refractivity contribution is 0.624. The second-order valence-electron chi connectivity index (χ2n) is 11.2. The van der Waals surface area contributed by atoms with Gasteiger partial charge in [0.05, 0.1) is 11.6 Å². The van der Waals surface area contributed by atoms with Crippen molar-refractivity contribution >= 4 is 27.9 Å². The van der Waals surface area contributed by atoms with E-state index in [0.29, 0.717) is 17.8 Å². The van der Waals surface area contributed by atoms with Crippen molar-refractivity contribution in [1.29, 1.82) is 0 Å². The van der Waals surface area contributed by atoms with E-state index in [4.69, 9.17) is 0 Å². The number of nitrogens with zero attached hydrogens (tertiary/aromatic N) is 2. The summed E-state index contributed by atoms with van der Waals surface area (Å²) in [6, 6.07) is 29.3. The number of anilines is 1. The molecule has 0 spiro atoms. The summed E-state index contributed by atoms with van der Waals surface area (Å²) in [5.41, 5.74) is 12.8. The van der Waals surface area contributed by atoms with E-state index in [0.717, 1.165) is 12.8 Å². The molecule has 2 nitrogen and oxygen atoms in total. The van der Waals surface area contributed by atoms with Crippen molar-refractivity contribution in [3.63, 3.8) is 0 Å². The van der Waals surface area contributed by atoms with Crippen LogP contribution in [-0.2, 0) is 12.8 Å². The maximum absolute atomic E-state index is 2.63. The first-order chi connectivity index (χ1) is 18.9. The molecule has 1 aromatic heterocycles. The predicted molar refractivity (Wildman–Crippen MR) is 157 cm³/mol. The largest absolute Gasteiger partial charge is 0.337 e. The normalized spacial score (nSPS) is 25.9. The Morgan fingerprint density at radius 3 is 2.50 bits per heavy atom. The highest BCUT2D eigenvalue weighted by Gasteiger charge is 2.44. The summed E-state index contributed by atoms with van der Waals surface area (Å²) in [6.07, 6.45) is 18.8. The molecule has 0 N–H and O–H groups in total. The third-order valence-electron chi connectivity index (χ3n) is 9.40. The number of aromatic nitrogens is 1. The Hall–Kier alpha value is -4.30. The van der Waals surface area contributed by atoms with Gasteiger partial charge in [0.15, 0.2) is 0 Å². The van der Waals surface area contributed by atoms with Gasteiger partial charge in [0.2, 0.25) is 0 Å². The molecule has 4 atom stereocenters. The summed E-state index contributed by atoms with van der Waals surface area (Å²) in [7, 11) is 0. The molecule has 0 saturated carbocycles. The molecule has 1 aliphatic heterocycles. The average molecular weight is 489 g/mol. The minimum atomic E-state index is 0.274. The van der Waals surface area contributed by atoms with Crippen LogP contribution in [0.1, 0.15) is 28.3 Å². The fourth-order valence-corrected chi connectivity index (χ4v) is 7.92. The molecule has 4 aromatic rings. The Kier molecular flexibility index (Phi) is 4.15. The second-order valence-corrected chi connectivity index (χ2v) is 11.2. The summed E-state index contributed by atoms with van der Waals surface area (Å²) in [5.74, 6) is 1.41. The smallest absolute Gasteiger partial charge is 0.0646 e. The van der Waals surface area contributed by atoms with Gasteiger partial charge in [0.25, 0.3) is 0 Å². The zero-order valence-corrected chi connectivity index (χ0v) is 21.2. The van der Waals surface area contributed by atoms with Gasteiger partial charge < -0.3 is 9.47 Å². The minimum Gasteiger partial charge on any atom is -0.337 e. The van der Waals surface area contributed by atoms with E-state index in [2.05, 4.69) is 131 Å². The third-order valence-corrected chi connectivity index (χ3v) is 9.40. The van der Waals surface area contributed by atoms with Gasteiger partial charge >= 0.3 is 0 Å². The minimum absolute atomic E-state index is 0.274. The molecule has 4 unspecified atom stereocenters. The van der Waals surface area contributed by atoms with Crippen LogP contribution in [0, 0.1) is 11.8 Å². The van der Waals surface area contributed by atoms with Gasteiger partial charge in [0.1, 0.15) is 0 Å². The Balaban J connectivity index is 1.23. The summed E-state index contributed by atoms with van der Waals surface area (Å²) in [4.78, 5) is 2.63. The molecule has 0 fully saturated rings. The number of allylic oxidation sites excluding steroid dienone is 7. The van der Waals surface area contributed by atoms with Crippen LogP contribution in [0.3, 0.4) is 0 Å². The first-order valence-electron chi connectivity index (χ1n) is 13.9. The van der Waals surface area contributed by atoms with Crippen molar-refractivity contribution in [2.45, 2.75) is 24.8 Å². The maximum atomic E-state index is 2.63. The van der Waals surface area contributed by atoms with Gasteiger partial charge in [-0.05, 0) is 65.0 Å².